The van der Waals surface area contributed by atoms with Crippen LogP contribution in [-0.2, 0) is 14.8 Å². The van der Waals surface area contributed by atoms with E-state index in [0.29, 0.717) is 18.8 Å². The van der Waals surface area contributed by atoms with Crippen molar-refractivity contribution in [2.75, 3.05) is 26.8 Å². The van der Waals surface area contributed by atoms with E-state index < -0.39 is 10.0 Å². The number of hydrogen-bond acceptors (Lipinski definition) is 4. The molecule has 2 fully saturated rings. The Morgan fingerprint density at radius 3 is 2.55 bits per heavy atom. The van der Waals surface area contributed by atoms with E-state index in [1.54, 1.807) is 16.4 Å². The molecule has 0 saturated carbocycles. The SMILES string of the molecule is COc1ccc(C)cc1S(=O)(=O)N1CCC2(CCCO2)CC1. The van der Waals surface area contributed by atoms with Crippen molar-refractivity contribution in [1.82, 2.24) is 4.31 Å². The summed E-state index contributed by atoms with van der Waals surface area (Å²) in [6.45, 7) is 3.72. The van der Waals surface area contributed by atoms with Crippen molar-refractivity contribution in [2.24, 2.45) is 0 Å². The molecule has 2 saturated heterocycles. The van der Waals surface area contributed by atoms with Crippen molar-refractivity contribution in [3.8, 4) is 5.75 Å². The largest absolute Gasteiger partial charge is 0.495 e. The molecule has 0 radical (unpaired) electrons. The smallest absolute Gasteiger partial charge is 0.246 e. The molecule has 3 rings (SSSR count). The molecule has 5 nitrogen and oxygen atoms in total. The molecule has 122 valence electrons. The van der Waals surface area contributed by atoms with Gasteiger partial charge in [0, 0.05) is 19.7 Å². The molecule has 2 aliphatic rings. The van der Waals surface area contributed by atoms with Gasteiger partial charge in [0.1, 0.15) is 10.6 Å². The first-order valence-corrected chi connectivity index (χ1v) is 9.20. The Hall–Kier alpha value is -1.11. The van der Waals surface area contributed by atoms with Crippen molar-refractivity contribution >= 4 is 10.0 Å². The number of rotatable bonds is 3. The highest BCUT2D eigenvalue weighted by Crippen LogP contribution is 2.38. The van der Waals surface area contributed by atoms with Crippen LogP contribution in [0.4, 0.5) is 0 Å². The average molecular weight is 325 g/mol. The van der Waals surface area contributed by atoms with Crippen LogP contribution in [-0.4, -0.2) is 45.1 Å². The third-order valence-electron chi connectivity index (χ3n) is 4.76. The van der Waals surface area contributed by atoms with E-state index in [-0.39, 0.29) is 10.5 Å². The molecular formula is C16H23NO4S. The Bertz CT molecular complexity index is 640. The number of methoxy groups -OCH3 is 1. The molecule has 22 heavy (non-hydrogen) atoms. The minimum absolute atomic E-state index is 0.0806. The molecule has 0 unspecified atom stereocenters. The van der Waals surface area contributed by atoms with Gasteiger partial charge >= 0.3 is 0 Å². The van der Waals surface area contributed by atoms with Crippen LogP contribution in [0.25, 0.3) is 0 Å². The van der Waals surface area contributed by atoms with Gasteiger partial charge in [0.2, 0.25) is 10.0 Å². The van der Waals surface area contributed by atoms with Gasteiger partial charge in [0.05, 0.1) is 12.7 Å². The van der Waals surface area contributed by atoms with E-state index in [9.17, 15) is 8.42 Å². The van der Waals surface area contributed by atoms with Crippen LogP contribution in [0, 0.1) is 6.92 Å². The molecule has 1 aromatic rings. The first kappa shape index (κ1) is 15.8. The van der Waals surface area contributed by atoms with Gasteiger partial charge in [-0.1, -0.05) is 6.07 Å². The zero-order chi connectivity index (χ0) is 15.8. The van der Waals surface area contributed by atoms with Gasteiger partial charge in [-0.3, -0.25) is 0 Å². The lowest BCUT2D eigenvalue weighted by atomic mass is 9.90. The molecule has 0 aromatic heterocycles. The molecule has 2 heterocycles. The monoisotopic (exact) mass is 325 g/mol. The summed E-state index contributed by atoms with van der Waals surface area (Å²) in [5.41, 5.74) is 0.829. The Kier molecular flexibility index (Phi) is 4.18. The van der Waals surface area contributed by atoms with E-state index in [1.807, 2.05) is 13.0 Å². The van der Waals surface area contributed by atoms with Crippen LogP contribution in [0.3, 0.4) is 0 Å². The highest BCUT2D eigenvalue weighted by atomic mass is 32.2. The summed E-state index contributed by atoms with van der Waals surface area (Å²) < 4.78 is 38.5. The van der Waals surface area contributed by atoms with Crippen molar-refractivity contribution in [3.63, 3.8) is 0 Å². The maximum absolute atomic E-state index is 12.9. The molecule has 0 N–H and O–H groups in total. The Morgan fingerprint density at radius 2 is 1.95 bits per heavy atom. The average Bonchev–Trinajstić information content (AvgIpc) is 2.96. The molecule has 0 atom stereocenters. The Balaban J connectivity index is 1.84. The highest BCUT2D eigenvalue weighted by molar-refractivity contribution is 7.89. The van der Waals surface area contributed by atoms with Crippen LogP contribution in [0.5, 0.6) is 5.75 Å². The fourth-order valence-corrected chi connectivity index (χ4v) is 5.09. The predicted octanol–water partition coefficient (Wildman–Crippen LogP) is 2.34. The maximum atomic E-state index is 12.9. The minimum Gasteiger partial charge on any atom is -0.495 e. The minimum atomic E-state index is -3.52. The van der Waals surface area contributed by atoms with Crippen molar-refractivity contribution in [1.29, 1.82) is 0 Å². The molecule has 0 amide bonds. The highest BCUT2D eigenvalue weighted by Gasteiger charge is 2.41. The molecular weight excluding hydrogens is 302 g/mol. The van der Waals surface area contributed by atoms with Gasteiger partial charge in [-0.25, -0.2) is 8.42 Å². The van der Waals surface area contributed by atoms with Crippen LogP contribution >= 0.6 is 0 Å². The normalized spacial score (nSPS) is 22.1. The lowest BCUT2D eigenvalue weighted by Crippen LogP contribution is -2.46. The second-order valence-corrected chi connectivity index (χ2v) is 8.10. The fourth-order valence-electron chi connectivity index (χ4n) is 3.41. The number of benzene rings is 1. The van der Waals surface area contributed by atoms with Gasteiger partial charge < -0.3 is 9.47 Å². The molecule has 1 aromatic carbocycles. The summed E-state index contributed by atoms with van der Waals surface area (Å²) in [5.74, 6) is 0.406. The number of piperidine rings is 1. The number of nitrogens with zero attached hydrogens (tertiary/aromatic N) is 1. The summed E-state index contributed by atoms with van der Waals surface area (Å²) in [6, 6.07) is 5.26. The standard InChI is InChI=1S/C16H23NO4S/c1-13-4-5-14(20-2)15(12-13)22(18,19)17-9-7-16(8-10-17)6-3-11-21-16/h4-5,12H,3,6-11H2,1-2H3. The molecule has 0 aliphatic carbocycles. The topological polar surface area (TPSA) is 55.8 Å². The van der Waals surface area contributed by atoms with Crippen LogP contribution in [0.2, 0.25) is 0 Å². The van der Waals surface area contributed by atoms with Gasteiger partial charge in [-0.15, -0.1) is 0 Å². The van der Waals surface area contributed by atoms with Gasteiger partial charge in [0.25, 0.3) is 0 Å². The van der Waals surface area contributed by atoms with Crippen LogP contribution < -0.4 is 4.74 Å². The Labute approximate surface area is 132 Å². The third-order valence-corrected chi connectivity index (χ3v) is 6.68. The van der Waals surface area contributed by atoms with E-state index in [1.165, 1.54) is 7.11 Å². The number of ether oxygens (including phenoxy) is 2. The zero-order valence-corrected chi connectivity index (χ0v) is 14.0. The quantitative estimate of drug-likeness (QED) is 0.856. The molecule has 0 bridgehead atoms. The first-order valence-electron chi connectivity index (χ1n) is 7.76. The summed E-state index contributed by atoms with van der Waals surface area (Å²) in [5, 5.41) is 0. The summed E-state index contributed by atoms with van der Waals surface area (Å²) >= 11 is 0. The molecule has 1 spiro atoms. The Morgan fingerprint density at radius 1 is 1.23 bits per heavy atom. The summed E-state index contributed by atoms with van der Waals surface area (Å²) in [4.78, 5) is 0.262. The van der Waals surface area contributed by atoms with E-state index in [2.05, 4.69) is 0 Å². The maximum Gasteiger partial charge on any atom is 0.246 e. The number of hydrogen-bond donors (Lipinski definition) is 0. The zero-order valence-electron chi connectivity index (χ0n) is 13.2. The second-order valence-electron chi connectivity index (χ2n) is 6.19. The van der Waals surface area contributed by atoms with E-state index in [4.69, 9.17) is 9.47 Å². The first-order chi connectivity index (χ1) is 10.5. The third kappa shape index (κ3) is 2.75. The van der Waals surface area contributed by atoms with E-state index >= 15 is 0 Å². The van der Waals surface area contributed by atoms with Gasteiger partial charge in [0.15, 0.2) is 0 Å². The summed E-state index contributed by atoms with van der Waals surface area (Å²) in [6.07, 6.45) is 3.69. The summed E-state index contributed by atoms with van der Waals surface area (Å²) in [7, 11) is -2.02. The van der Waals surface area contributed by atoms with Gasteiger partial charge in [-0.05, 0) is 50.3 Å². The van der Waals surface area contributed by atoms with Gasteiger partial charge in [-0.2, -0.15) is 4.31 Å². The lowest BCUT2D eigenvalue weighted by molar-refractivity contribution is -0.0309. The van der Waals surface area contributed by atoms with Crippen molar-refractivity contribution in [2.45, 2.75) is 43.1 Å². The number of sulfonamides is 1. The van der Waals surface area contributed by atoms with Crippen molar-refractivity contribution in [3.05, 3.63) is 23.8 Å². The number of aryl methyl sites for hydroxylation is 1. The van der Waals surface area contributed by atoms with Crippen molar-refractivity contribution < 1.29 is 17.9 Å². The lowest BCUT2D eigenvalue weighted by Gasteiger charge is -2.38. The fraction of sp³-hybridized carbons (Fsp3) is 0.625. The second kappa shape index (κ2) is 5.83. The van der Waals surface area contributed by atoms with Crippen LogP contribution in [0.1, 0.15) is 31.2 Å². The van der Waals surface area contributed by atoms with E-state index in [0.717, 1.165) is 37.9 Å². The van der Waals surface area contributed by atoms with Crippen LogP contribution in [0.15, 0.2) is 23.1 Å². The molecule has 6 heteroatoms. The molecule has 2 aliphatic heterocycles. The predicted molar refractivity (Wildman–Crippen MR) is 83.6 cm³/mol.